The highest BCUT2D eigenvalue weighted by atomic mass is 16.5. The van der Waals surface area contributed by atoms with E-state index in [1.165, 1.54) is 6.33 Å². The summed E-state index contributed by atoms with van der Waals surface area (Å²) in [5.74, 6) is 1.23. The Balaban J connectivity index is 1.81. The molecule has 1 fully saturated rings. The molecule has 1 aliphatic heterocycles. The van der Waals surface area contributed by atoms with Crippen molar-refractivity contribution in [3.8, 4) is 0 Å². The van der Waals surface area contributed by atoms with Crippen LogP contribution < -0.4 is 15.8 Å². The molecular formula is C18H20N6O2. The van der Waals surface area contributed by atoms with Crippen molar-refractivity contribution >= 4 is 28.2 Å². The summed E-state index contributed by atoms with van der Waals surface area (Å²) in [5.41, 5.74) is 1.12. The van der Waals surface area contributed by atoms with E-state index in [2.05, 4.69) is 25.2 Å². The van der Waals surface area contributed by atoms with Gasteiger partial charge in [-0.1, -0.05) is 0 Å². The average Bonchev–Trinajstić information content (AvgIpc) is 2.61. The molecule has 1 aliphatic rings. The Kier molecular flexibility index (Phi) is 4.26. The second-order valence-electron chi connectivity index (χ2n) is 6.48. The van der Waals surface area contributed by atoms with E-state index in [0.717, 1.165) is 24.6 Å². The number of aromatic nitrogens is 4. The molecule has 4 rings (SSSR count). The molecule has 2 atom stereocenters. The van der Waals surface area contributed by atoms with E-state index in [0.29, 0.717) is 16.7 Å². The van der Waals surface area contributed by atoms with Crippen LogP contribution in [0.5, 0.6) is 0 Å². The number of morpholine rings is 1. The van der Waals surface area contributed by atoms with Crippen LogP contribution in [0.2, 0.25) is 0 Å². The van der Waals surface area contributed by atoms with E-state index in [1.54, 1.807) is 12.4 Å². The van der Waals surface area contributed by atoms with Gasteiger partial charge in [0.25, 0.3) is 5.56 Å². The molecule has 26 heavy (non-hydrogen) atoms. The number of H-pyrrole nitrogens is 1. The molecule has 0 bridgehead atoms. The Hall–Kier alpha value is -3.00. The first-order valence-electron chi connectivity index (χ1n) is 8.56. The molecule has 3 aromatic heterocycles. The highest BCUT2D eigenvalue weighted by molar-refractivity contribution is 5.92. The van der Waals surface area contributed by atoms with Crippen molar-refractivity contribution < 1.29 is 4.74 Å². The molecule has 0 aliphatic carbocycles. The monoisotopic (exact) mass is 352 g/mol. The Morgan fingerprint density at radius 1 is 1.31 bits per heavy atom. The van der Waals surface area contributed by atoms with Gasteiger partial charge in [0.1, 0.15) is 17.0 Å². The van der Waals surface area contributed by atoms with Crippen molar-refractivity contribution in [2.75, 3.05) is 23.3 Å². The molecule has 134 valence electrons. The molecule has 0 unspecified atom stereocenters. The van der Waals surface area contributed by atoms with Crippen molar-refractivity contribution in [3.05, 3.63) is 47.3 Å². The van der Waals surface area contributed by atoms with Gasteiger partial charge in [-0.05, 0) is 26.0 Å². The maximum atomic E-state index is 12.4. The van der Waals surface area contributed by atoms with Gasteiger partial charge >= 0.3 is 0 Å². The summed E-state index contributed by atoms with van der Waals surface area (Å²) in [6, 6.07) is 5.54. The van der Waals surface area contributed by atoms with Crippen LogP contribution in [-0.2, 0) is 4.74 Å². The minimum Gasteiger partial charge on any atom is -0.372 e. The van der Waals surface area contributed by atoms with Gasteiger partial charge in [0.05, 0.1) is 35.9 Å². The van der Waals surface area contributed by atoms with Gasteiger partial charge in [0, 0.05) is 25.4 Å². The quantitative estimate of drug-likeness (QED) is 0.745. The number of pyridine rings is 2. The third-order valence-electron chi connectivity index (χ3n) is 4.28. The summed E-state index contributed by atoms with van der Waals surface area (Å²) in [6.07, 6.45) is 5.00. The lowest BCUT2D eigenvalue weighted by Crippen LogP contribution is -2.45. The zero-order valence-corrected chi connectivity index (χ0v) is 14.6. The van der Waals surface area contributed by atoms with Crippen LogP contribution in [-0.4, -0.2) is 45.2 Å². The number of fused-ring (bicyclic) bond motifs is 1. The van der Waals surface area contributed by atoms with Gasteiger partial charge in [0.2, 0.25) is 0 Å². The average molecular weight is 352 g/mol. The molecule has 0 saturated carbocycles. The first kappa shape index (κ1) is 16.5. The van der Waals surface area contributed by atoms with Gasteiger partial charge in [-0.3, -0.25) is 9.78 Å². The number of nitrogens with zero attached hydrogens (tertiary/aromatic N) is 4. The summed E-state index contributed by atoms with van der Waals surface area (Å²) >= 11 is 0. The highest BCUT2D eigenvalue weighted by Gasteiger charge is 2.24. The van der Waals surface area contributed by atoms with E-state index in [-0.39, 0.29) is 17.8 Å². The fraction of sp³-hybridized carbons (Fsp3) is 0.333. The highest BCUT2D eigenvalue weighted by Crippen LogP contribution is 2.27. The Morgan fingerprint density at radius 2 is 2.12 bits per heavy atom. The third kappa shape index (κ3) is 3.23. The molecule has 0 radical (unpaired) electrons. The van der Waals surface area contributed by atoms with E-state index in [9.17, 15) is 4.79 Å². The zero-order chi connectivity index (χ0) is 18.1. The molecule has 1 saturated heterocycles. The molecule has 0 spiro atoms. The maximum Gasteiger partial charge on any atom is 0.262 e. The lowest BCUT2D eigenvalue weighted by atomic mass is 10.2. The smallest absolute Gasteiger partial charge is 0.262 e. The van der Waals surface area contributed by atoms with Crippen molar-refractivity contribution in [1.29, 1.82) is 0 Å². The number of hydrogen-bond donors (Lipinski definition) is 2. The van der Waals surface area contributed by atoms with Gasteiger partial charge < -0.3 is 19.9 Å². The third-order valence-corrected chi connectivity index (χ3v) is 4.28. The van der Waals surface area contributed by atoms with Crippen LogP contribution in [0.4, 0.5) is 17.3 Å². The summed E-state index contributed by atoms with van der Waals surface area (Å²) < 4.78 is 5.81. The van der Waals surface area contributed by atoms with E-state index in [4.69, 9.17) is 9.72 Å². The number of rotatable bonds is 3. The Bertz CT molecular complexity index is 964. The maximum absolute atomic E-state index is 12.4. The lowest BCUT2D eigenvalue weighted by Gasteiger charge is -2.36. The van der Waals surface area contributed by atoms with Gasteiger partial charge in [-0.15, -0.1) is 0 Å². The van der Waals surface area contributed by atoms with E-state index < -0.39 is 0 Å². The normalized spacial score (nSPS) is 20.3. The van der Waals surface area contributed by atoms with Crippen molar-refractivity contribution in [3.63, 3.8) is 0 Å². The van der Waals surface area contributed by atoms with Crippen LogP contribution in [0, 0.1) is 0 Å². The Morgan fingerprint density at radius 3 is 2.85 bits per heavy atom. The number of aromatic amines is 1. The van der Waals surface area contributed by atoms with Crippen LogP contribution in [0.25, 0.3) is 10.9 Å². The van der Waals surface area contributed by atoms with Gasteiger partial charge in [-0.25, -0.2) is 9.97 Å². The fourth-order valence-electron chi connectivity index (χ4n) is 3.27. The predicted octanol–water partition coefficient (Wildman–Crippen LogP) is 2.07. The topological polar surface area (TPSA) is 96.0 Å². The molecule has 4 heterocycles. The standard InChI is InChI=1S/C18H20N6O2/c1-11-8-24(9-12(2)26-11)15-6-14-16(18(25)21-10-20-14)17(23-15)22-13-4-3-5-19-7-13/h3-7,10-12H,8-9H2,1-2H3,(H,22,23)(H,20,21,25)/t11-,12+. The zero-order valence-electron chi connectivity index (χ0n) is 14.6. The van der Waals surface area contributed by atoms with Gasteiger partial charge in [0.15, 0.2) is 0 Å². The molecule has 8 nitrogen and oxygen atoms in total. The second kappa shape index (κ2) is 6.72. The number of nitrogens with one attached hydrogen (secondary N) is 2. The van der Waals surface area contributed by atoms with E-state index in [1.807, 2.05) is 32.0 Å². The van der Waals surface area contributed by atoms with Crippen molar-refractivity contribution in [1.82, 2.24) is 19.9 Å². The molecular weight excluding hydrogens is 332 g/mol. The van der Waals surface area contributed by atoms with Crippen LogP contribution >= 0.6 is 0 Å². The number of hydrogen-bond acceptors (Lipinski definition) is 7. The van der Waals surface area contributed by atoms with E-state index >= 15 is 0 Å². The summed E-state index contributed by atoms with van der Waals surface area (Å²) in [4.78, 5) is 30.3. The summed E-state index contributed by atoms with van der Waals surface area (Å²) in [7, 11) is 0. The SMILES string of the molecule is C[C@@H]1CN(c2cc3nc[nH]c(=O)c3c(Nc3cccnc3)n2)C[C@H](C)O1. The van der Waals surface area contributed by atoms with Crippen LogP contribution in [0.15, 0.2) is 41.7 Å². The summed E-state index contributed by atoms with van der Waals surface area (Å²) in [5, 5.41) is 3.62. The lowest BCUT2D eigenvalue weighted by molar-refractivity contribution is -0.00544. The minimum atomic E-state index is -0.232. The molecule has 2 N–H and O–H groups in total. The number of anilines is 3. The van der Waals surface area contributed by atoms with Crippen molar-refractivity contribution in [2.45, 2.75) is 26.1 Å². The molecule has 0 amide bonds. The van der Waals surface area contributed by atoms with Crippen LogP contribution in [0.3, 0.4) is 0 Å². The number of ether oxygens (including phenoxy) is 1. The molecule has 8 heteroatoms. The largest absolute Gasteiger partial charge is 0.372 e. The van der Waals surface area contributed by atoms with Crippen LogP contribution in [0.1, 0.15) is 13.8 Å². The minimum absolute atomic E-state index is 0.109. The molecule has 0 aromatic carbocycles. The van der Waals surface area contributed by atoms with Gasteiger partial charge in [-0.2, -0.15) is 0 Å². The first-order chi connectivity index (χ1) is 12.6. The Labute approximate surface area is 150 Å². The summed E-state index contributed by atoms with van der Waals surface area (Å²) in [6.45, 7) is 5.56. The predicted molar refractivity (Wildman–Crippen MR) is 99.9 cm³/mol. The first-order valence-corrected chi connectivity index (χ1v) is 8.56. The second-order valence-corrected chi connectivity index (χ2v) is 6.48. The fourth-order valence-corrected chi connectivity index (χ4v) is 3.27. The van der Waals surface area contributed by atoms with Crippen molar-refractivity contribution in [2.24, 2.45) is 0 Å². The molecule has 3 aromatic rings.